The minimum absolute atomic E-state index is 0.123. The van der Waals surface area contributed by atoms with Gasteiger partial charge in [0, 0.05) is 5.56 Å². The summed E-state index contributed by atoms with van der Waals surface area (Å²) in [6.07, 6.45) is 0. The van der Waals surface area contributed by atoms with Crippen LogP contribution < -0.4 is 14.4 Å². The van der Waals surface area contributed by atoms with Gasteiger partial charge >= 0.3 is 0 Å². The third kappa shape index (κ3) is 3.48. The Morgan fingerprint density at radius 1 is 0.897 bits per heavy atom. The molecule has 2 aliphatic rings. The molecule has 1 saturated heterocycles. The van der Waals surface area contributed by atoms with E-state index in [2.05, 4.69) is 0 Å². The number of fused-ring (bicyclic) bond motifs is 1. The summed E-state index contributed by atoms with van der Waals surface area (Å²) in [5, 5.41) is 0. The lowest BCUT2D eigenvalue weighted by Crippen LogP contribution is -3.13. The minimum atomic E-state index is -2.28. The first-order valence-electron chi connectivity index (χ1n) is 8.89. The number of ether oxygens (including phenoxy) is 2. The van der Waals surface area contributed by atoms with Gasteiger partial charge in [-0.1, -0.05) is 0 Å². The molecule has 1 N–H and O–H groups in total. The van der Waals surface area contributed by atoms with Crippen LogP contribution in [0.15, 0.2) is 18.2 Å². The number of nitrogens with zero attached hydrogens (tertiary/aromatic N) is 1. The first-order chi connectivity index (χ1) is 13.9. The maximum atomic E-state index is 13.9. The third-order valence-electron chi connectivity index (χ3n) is 5.07. The van der Waals surface area contributed by atoms with Gasteiger partial charge in [0.25, 0.3) is 5.91 Å². The molecule has 0 aliphatic carbocycles. The highest BCUT2D eigenvalue weighted by atomic mass is 19.2. The molecule has 29 heavy (non-hydrogen) atoms. The fraction of sp³-hybridized carbons (Fsp3) is 0.316. The summed E-state index contributed by atoms with van der Waals surface area (Å²) >= 11 is 0. The van der Waals surface area contributed by atoms with E-state index in [4.69, 9.17) is 9.47 Å². The number of carbonyl (C=O) groups excluding carboxylic acids is 1. The number of carbonyl (C=O) groups is 1. The van der Waals surface area contributed by atoms with Crippen LogP contribution >= 0.6 is 0 Å². The molecule has 0 spiro atoms. The first kappa shape index (κ1) is 19.4. The fourth-order valence-corrected chi connectivity index (χ4v) is 3.49. The van der Waals surface area contributed by atoms with Gasteiger partial charge in [-0.25, -0.2) is 22.0 Å². The highest BCUT2D eigenvalue weighted by Gasteiger charge is 2.34. The zero-order chi connectivity index (χ0) is 20.7. The lowest BCUT2D eigenvalue weighted by molar-refractivity contribution is -0.917. The molecule has 5 nitrogen and oxygen atoms in total. The maximum Gasteiger partial charge on any atom is 0.260 e. The maximum absolute atomic E-state index is 13.9. The van der Waals surface area contributed by atoms with Gasteiger partial charge in [-0.2, -0.15) is 0 Å². The van der Waals surface area contributed by atoms with E-state index in [1.807, 2.05) is 12.1 Å². The second-order valence-corrected chi connectivity index (χ2v) is 6.85. The number of amides is 1. The molecule has 1 fully saturated rings. The average Bonchev–Trinajstić information content (AvgIpc) is 3.19. The monoisotopic (exact) mass is 415 g/mol. The van der Waals surface area contributed by atoms with Gasteiger partial charge in [-0.3, -0.25) is 4.79 Å². The summed E-state index contributed by atoms with van der Waals surface area (Å²) in [4.78, 5) is 14.6. The molecular weight excluding hydrogens is 399 g/mol. The highest BCUT2D eigenvalue weighted by Crippen LogP contribution is 2.32. The number of piperazine rings is 1. The summed E-state index contributed by atoms with van der Waals surface area (Å²) in [6.45, 7) is 1.95. The van der Waals surface area contributed by atoms with Crippen molar-refractivity contribution < 1.29 is 41.1 Å². The predicted molar refractivity (Wildman–Crippen MR) is 89.1 cm³/mol. The van der Waals surface area contributed by atoms with Crippen LogP contribution in [0.3, 0.4) is 0 Å². The predicted octanol–water partition coefficient (Wildman–Crippen LogP) is 1.65. The molecule has 2 aliphatic heterocycles. The van der Waals surface area contributed by atoms with Gasteiger partial charge in [-0.05, 0) is 18.2 Å². The van der Waals surface area contributed by atoms with E-state index in [0.29, 0.717) is 31.1 Å². The normalized spacial score (nSPS) is 16.4. The molecule has 0 atom stereocenters. The molecule has 2 aromatic carbocycles. The standard InChI is InChI=1S/C19H15F5N2O3/c20-14-13(15(21)17(23)18(24)16(14)22)19(27)26-5-3-25(4-6-26)8-10-1-2-11-12(7-10)29-9-28-11/h1-2,7H,3-6,8-9H2/p+1. The molecule has 0 aromatic heterocycles. The van der Waals surface area contributed by atoms with E-state index in [1.165, 1.54) is 0 Å². The molecule has 0 bridgehead atoms. The van der Waals surface area contributed by atoms with E-state index in [9.17, 15) is 26.7 Å². The number of hydrogen-bond donors (Lipinski definition) is 1. The largest absolute Gasteiger partial charge is 0.454 e. The number of rotatable bonds is 3. The summed E-state index contributed by atoms with van der Waals surface area (Å²) in [7, 11) is 0. The van der Waals surface area contributed by atoms with Crippen molar-refractivity contribution in [1.29, 1.82) is 0 Å². The summed E-state index contributed by atoms with van der Waals surface area (Å²) in [5.41, 5.74) is -0.426. The van der Waals surface area contributed by atoms with Crippen LogP contribution in [0.2, 0.25) is 0 Å². The van der Waals surface area contributed by atoms with Gasteiger partial charge < -0.3 is 19.3 Å². The number of benzene rings is 2. The molecule has 10 heteroatoms. The zero-order valence-corrected chi connectivity index (χ0v) is 15.0. The van der Waals surface area contributed by atoms with Crippen LogP contribution in [-0.4, -0.2) is 43.8 Å². The zero-order valence-electron chi connectivity index (χ0n) is 15.0. The molecule has 2 aromatic rings. The Bertz CT molecular complexity index is 948. The Morgan fingerprint density at radius 3 is 2.14 bits per heavy atom. The third-order valence-corrected chi connectivity index (χ3v) is 5.07. The van der Waals surface area contributed by atoms with Gasteiger partial charge in [0.15, 0.2) is 34.8 Å². The average molecular weight is 415 g/mol. The SMILES string of the molecule is O=C(c1c(F)c(F)c(F)c(F)c1F)N1CC[NH+](Cc2ccc3c(c2)OCO3)CC1. The van der Waals surface area contributed by atoms with Crippen molar-refractivity contribution in [3.8, 4) is 11.5 Å². The van der Waals surface area contributed by atoms with Gasteiger partial charge in [-0.15, -0.1) is 0 Å². The Morgan fingerprint density at radius 2 is 1.48 bits per heavy atom. The van der Waals surface area contributed by atoms with Crippen LogP contribution in [0.4, 0.5) is 22.0 Å². The second kappa shape index (κ2) is 7.51. The minimum Gasteiger partial charge on any atom is -0.454 e. The van der Waals surface area contributed by atoms with Crippen LogP contribution in [0.25, 0.3) is 0 Å². The van der Waals surface area contributed by atoms with Crippen molar-refractivity contribution in [3.05, 3.63) is 58.4 Å². The van der Waals surface area contributed by atoms with Crippen molar-refractivity contribution in [3.63, 3.8) is 0 Å². The lowest BCUT2D eigenvalue weighted by Gasteiger charge is -2.32. The van der Waals surface area contributed by atoms with Crippen LogP contribution in [0.1, 0.15) is 15.9 Å². The van der Waals surface area contributed by atoms with Crippen molar-refractivity contribution in [2.45, 2.75) is 6.54 Å². The van der Waals surface area contributed by atoms with Gasteiger partial charge in [0.05, 0.1) is 26.2 Å². The quantitative estimate of drug-likeness (QED) is 0.471. The van der Waals surface area contributed by atoms with E-state index in [0.717, 1.165) is 15.4 Å². The summed E-state index contributed by atoms with van der Waals surface area (Å²) in [5.74, 6) is -10.6. The van der Waals surface area contributed by atoms with Crippen molar-refractivity contribution in [1.82, 2.24) is 4.90 Å². The van der Waals surface area contributed by atoms with Crippen molar-refractivity contribution in [2.24, 2.45) is 0 Å². The topological polar surface area (TPSA) is 43.2 Å². The molecule has 0 radical (unpaired) electrons. The molecule has 0 unspecified atom stereocenters. The molecule has 0 saturated carbocycles. The highest BCUT2D eigenvalue weighted by molar-refractivity contribution is 5.95. The number of quaternary nitrogens is 1. The summed E-state index contributed by atoms with van der Waals surface area (Å²) < 4.78 is 78.3. The Hall–Kier alpha value is -2.88. The van der Waals surface area contributed by atoms with Crippen LogP contribution in [0.5, 0.6) is 11.5 Å². The van der Waals surface area contributed by atoms with E-state index < -0.39 is 40.6 Å². The van der Waals surface area contributed by atoms with E-state index >= 15 is 0 Å². The number of halogens is 5. The van der Waals surface area contributed by atoms with E-state index in [1.54, 1.807) is 6.07 Å². The van der Waals surface area contributed by atoms with Crippen LogP contribution in [0, 0.1) is 29.1 Å². The molecule has 2 heterocycles. The number of hydrogen-bond acceptors (Lipinski definition) is 3. The second-order valence-electron chi connectivity index (χ2n) is 6.85. The molecular formula is C19H16F5N2O3+. The summed E-state index contributed by atoms with van der Waals surface area (Å²) in [6, 6.07) is 5.56. The van der Waals surface area contributed by atoms with Crippen molar-refractivity contribution in [2.75, 3.05) is 33.0 Å². The van der Waals surface area contributed by atoms with Gasteiger partial charge in [0.2, 0.25) is 12.6 Å². The molecule has 154 valence electrons. The number of nitrogens with one attached hydrogen (secondary N) is 1. The van der Waals surface area contributed by atoms with Crippen molar-refractivity contribution >= 4 is 5.91 Å². The Balaban J connectivity index is 1.43. The Labute approximate surface area is 162 Å². The van der Waals surface area contributed by atoms with Crippen LogP contribution in [-0.2, 0) is 6.54 Å². The first-order valence-corrected chi connectivity index (χ1v) is 8.89. The fourth-order valence-electron chi connectivity index (χ4n) is 3.49. The molecule has 4 rings (SSSR count). The lowest BCUT2D eigenvalue weighted by atomic mass is 10.1. The smallest absolute Gasteiger partial charge is 0.260 e. The molecule has 1 amide bonds. The van der Waals surface area contributed by atoms with E-state index in [-0.39, 0.29) is 19.9 Å². The Kier molecular flexibility index (Phi) is 5.03. The van der Waals surface area contributed by atoms with Gasteiger partial charge in [0.1, 0.15) is 12.1 Å².